The highest BCUT2D eigenvalue weighted by Gasteiger charge is 2.36. The fourth-order valence-electron chi connectivity index (χ4n) is 3.67. The fraction of sp³-hybridized carbons (Fsp3) is 0.588. The second-order valence-electron chi connectivity index (χ2n) is 7.11. The van der Waals surface area contributed by atoms with E-state index in [-0.39, 0.29) is 0 Å². The smallest absolute Gasteiger partial charge is 0.254 e. The molecule has 1 atom stereocenters. The number of hydrogen-bond donors (Lipinski definition) is 1. The molecular weight excluding hydrogens is 332 g/mol. The summed E-state index contributed by atoms with van der Waals surface area (Å²) in [5, 5.41) is 23.6. The fourth-order valence-corrected chi connectivity index (χ4v) is 3.67. The Hall–Kier alpha value is -2.55. The van der Waals surface area contributed by atoms with Crippen molar-refractivity contribution in [1.82, 2.24) is 34.3 Å². The molecular formula is C17H24N8O. The first-order valence-electron chi connectivity index (χ1n) is 9.08. The maximum Gasteiger partial charge on any atom is 0.254 e. The molecule has 9 nitrogen and oxygen atoms in total. The van der Waals surface area contributed by atoms with Gasteiger partial charge in [-0.05, 0) is 19.3 Å². The number of piperidine rings is 1. The predicted octanol–water partition coefficient (Wildman–Crippen LogP) is 0.779. The van der Waals surface area contributed by atoms with Gasteiger partial charge in [-0.3, -0.25) is 0 Å². The number of nitrogens with zero attached hydrogens (tertiary/aromatic N) is 8. The Balaban J connectivity index is 1.64. The third-order valence-electron chi connectivity index (χ3n) is 4.96. The lowest BCUT2D eigenvalue weighted by molar-refractivity contribution is 0.0235. The molecule has 26 heavy (non-hydrogen) atoms. The van der Waals surface area contributed by atoms with Crippen molar-refractivity contribution in [2.24, 2.45) is 7.05 Å². The van der Waals surface area contributed by atoms with Crippen LogP contribution in [0.15, 0.2) is 18.7 Å². The van der Waals surface area contributed by atoms with E-state index in [1.165, 1.54) is 6.33 Å². The van der Waals surface area contributed by atoms with Gasteiger partial charge in [0.1, 0.15) is 24.3 Å². The number of hydrogen-bond acceptors (Lipinski definition) is 7. The van der Waals surface area contributed by atoms with Gasteiger partial charge in [0, 0.05) is 38.3 Å². The minimum absolute atomic E-state index is 0.480. The van der Waals surface area contributed by atoms with Gasteiger partial charge in [0.05, 0.1) is 5.60 Å². The summed E-state index contributed by atoms with van der Waals surface area (Å²) >= 11 is 0. The zero-order valence-corrected chi connectivity index (χ0v) is 15.2. The van der Waals surface area contributed by atoms with Crippen LogP contribution in [0.3, 0.4) is 0 Å². The van der Waals surface area contributed by atoms with Crippen LogP contribution in [0.5, 0.6) is 0 Å². The second kappa shape index (κ2) is 6.64. The number of fused-ring (bicyclic) bond motifs is 1. The van der Waals surface area contributed by atoms with Gasteiger partial charge in [0.25, 0.3) is 5.78 Å². The summed E-state index contributed by atoms with van der Waals surface area (Å²) in [6.07, 6.45) is 7.22. The van der Waals surface area contributed by atoms with E-state index in [4.69, 9.17) is 0 Å². The van der Waals surface area contributed by atoms with E-state index in [1.54, 1.807) is 10.8 Å². The lowest BCUT2D eigenvalue weighted by Crippen LogP contribution is -2.50. The van der Waals surface area contributed by atoms with Crippen LogP contribution in [0.4, 0.5) is 5.82 Å². The molecule has 1 unspecified atom stereocenters. The molecule has 3 aromatic rings. The van der Waals surface area contributed by atoms with Gasteiger partial charge in [-0.1, -0.05) is 13.3 Å². The summed E-state index contributed by atoms with van der Waals surface area (Å²) in [5.41, 5.74) is 0.158. The molecule has 0 bridgehead atoms. The first kappa shape index (κ1) is 16.9. The molecule has 0 saturated carbocycles. The molecule has 138 valence electrons. The number of β-amino-alcohol motifs (C(OH)–C–C–N with tert-alkyl or cyclic N) is 1. The molecule has 1 N–H and O–H groups in total. The van der Waals surface area contributed by atoms with E-state index in [2.05, 4.69) is 43.2 Å². The normalized spacial score (nSPS) is 20.8. The quantitative estimate of drug-likeness (QED) is 0.721. The molecule has 0 aliphatic carbocycles. The van der Waals surface area contributed by atoms with Crippen molar-refractivity contribution >= 4 is 11.6 Å². The highest BCUT2D eigenvalue weighted by atomic mass is 16.3. The van der Waals surface area contributed by atoms with Crippen molar-refractivity contribution < 1.29 is 5.11 Å². The van der Waals surface area contributed by atoms with Crippen molar-refractivity contribution in [2.75, 3.05) is 18.0 Å². The van der Waals surface area contributed by atoms with E-state index in [0.717, 1.165) is 49.6 Å². The van der Waals surface area contributed by atoms with Crippen LogP contribution in [0.25, 0.3) is 5.78 Å². The van der Waals surface area contributed by atoms with E-state index in [9.17, 15) is 5.11 Å². The molecule has 0 aromatic carbocycles. The van der Waals surface area contributed by atoms with E-state index >= 15 is 0 Å². The Bertz CT molecular complexity index is 903. The van der Waals surface area contributed by atoms with E-state index in [0.29, 0.717) is 18.7 Å². The van der Waals surface area contributed by atoms with Crippen LogP contribution in [-0.4, -0.2) is 58.1 Å². The largest absolute Gasteiger partial charge is 0.388 e. The average Bonchev–Trinajstić information content (AvgIpc) is 3.23. The minimum Gasteiger partial charge on any atom is -0.388 e. The standard InChI is InChI=1S/C17H24N8O/c1-3-5-13-8-15(25-16(21-13)18-11-20-25)24-7-4-6-17(26,10-24)9-14-22-19-12-23(14)2/h8,11-12,26H,3-7,9-10H2,1-2H3. The summed E-state index contributed by atoms with van der Waals surface area (Å²) in [6.45, 7) is 3.52. The van der Waals surface area contributed by atoms with Gasteiger partial charge in [0.2, 0.25) is 0 Å². The van der Waals surface area contributed by atoms with Crippen molar-refractivity contribution in [1.29, 1.82) is 0 Å². The number of aromatic nitrogens is 7. The van der Waals surface area contributed by atoms with Gasteiger partial charge in [0.15, 0.2) is 0 Å². The Labute approximate surface area is 151 Å². The van der Waals surface area contributed by atoms with Gasteiger partial charge in [-0.2, -0.15) is 14.6 Å². The number of aliphatic hydroxyl groups is 1. The summed E-state index contributed by atoms with van der Waals surface area (Å²) in [6, 6.07) is 2.07. The van der Waals surface area contributed by atoms with Crippen LogP contribution < -0.4 is 4.90 Å². The highest BCUT2D eigenvalue weighted by Crippen LogP contribution is 2.29. The number of aryl methyl sites for hydroxylation is 2. The van der Waals surface area contributed by atoms with Crippen LogP contribution in [0.2, 0.25) is 0 Å². The van der Waals surface area contributed by atoms with Crippen molar-refractivity contribution in [2.45, 2.75) is 44.6 Å². The van der Waals surface area contributed by atoms with Gasteiger partial charge in [-0.25, -0.2) is 4.98 Å². The summed E-state index contributed by atoms with van der Waals surface area (Å²) in [7, 11) is 1.90. The third kappa shape index (κ3) is 3.14. The first-order valence-corrected chi connectivity index (χ1v) is 9.08. The van der Waals surface area contributed by atoms with Gasteiger partial charge >= 0.3 is 0 Å². The van der Waals surface area contributed by atoms with E-state index in [1.807, 2.05) is 11.6 Å². The molecule has 4 heterocycles. The zero-order chi connectivity index (χ0) is 18.1. The molecule has 0 amide bonds. The Morgan fingerprint density at radius 2 is 2.23 bits per heavy atom. The molecule has 3 aromatic heterocycles. The zero-order valence-electron chi connectivity index (χ0n) is 15.2. The summed E-state index contributed by atoms with van der Waals surface area (Å²) in [4.78, 5) is 11.0. The van der Waals surface area contributed by atoms with E-state index < -0.39 is 5.60 Å². The molecule has 9 heteroatoms. The monoisotopic (exact) mass is 356 g/mol. The van der Waals surface area contributed by atoms with Crippen LogP contribution in [0, 0.1) is 0 Å². The van der Waals surface area contributed by atoms with Crippen LogP contribution >= 0.6 is 0 Å². The van der Waals surface area contributed by atoms with Crippen LogP contribution in [0.1, 0.15) is 37.7 Å². The summed E-state index contributed by atoms with van der Waals surface area (Å²) < 4.78 is 3.62. The number of rotatable bonds is 5. The summed E-state index contributed by atoms with van der Waals surface area (Å²) in [5.74, 6) is 2.34. The highest BCUT2D eigenvalue weighted by molar-refractivity contribution is 5.48. The minimum atomic E-state index is -0.847. The average molecular weight is 356 g/mol. The molecule has 0 spiro atoms. The van der Waals surface area contributed by atoms with Crippen molar-refractivity contribution in [3.05, 3.63) is 30.2 Å². The second-order valence-corrected chi connectivity index (χ2v) is 7.11. The number of anilines is 1. The Morgan fingerprint density at radius 3 is 3.00 bits per heavy atom. The molecule has 1 fully saturated rings. The van der Waals surface area contributed by atoms with Gasteiger partial charge in [-0.15, -0.1) is 10.2 Å². The lowest BCUT2D eigenvalue weighted by Gasteiger charge is -2.40. The lowest BCUT2D eigenvalue weighted by atomic mass is 9.89. The third-order valence-corrected chi connectivity index (χ3v) is 4.96. The molecule has 1 aliphatic heterocycles. The Kier molecular flexibility index (Phi) is 4.31. The van der Waals surface area contributed by atoms with Gasteiger partial charge < -0.3 is 14.6 Å². The van der Waals surface area contributed by atoms with Crippen LogP contribution in [-0.2, 0) is 19.9 Å². The maximum absolute atomic E-state index is 11.2. The predicted molar refractivity (Wildman–Crippen MR) is 95.9 cm³/mol. The molecule has 1 saturated heterocycles. The molecule has 1 aliphatic rings. The maximum atomic E-state index is 11.2. The Morgan fingerprint density at radius 1 is 1.35 bits per heavy atom. The van der Waals surface area contributed by atoms with Crippen molar-refractivity contribution in [3.63, 3.8) is 0 Å². The molecule has 4 rings (SSSR count). The molecule has 0 radical (unpaired) electrons. The first-order chi connectivity index (χ1) is 12.6. The van der Waals surface area contributed by atoms with Crippen molar-refractivity contribution in [3.8, 4) is 0 Å². The topological polar surface area (TPSA) is 97.3 Å². The SMILES string of the molecule is CCCc1cc(N2CCCC(O)(Cc3nncn3C)C2)n2ncnc2n1.